The lowest BCUT2D eigenvalue weighted by molar-refractivity contribution is -0.131. The Bertz CT molecular complexity index is 576. The normalized spacial score (nSPS) is 9.74. The zero-order chi connectivity index (χ0) is 13.7. The summed E-state index contributed by atoms with van der Waals surface area (Å²) in [5.41, 5.74) is 1.23. The summed E-state index contributed by atoms with van der Waals surface area (Å²) in [6.45, 7) is 1.34. The van der Waals surface area contributed by atoms with Crippen LogP contribution in [-0.4, -0.2) is 11.9 Å². The second kappa shape index (κ2) is 5.82. The van der Waals surface area contributed by atoms with Crippen LogP contribution in [0, 0.1) is 0 Å². The van der Waals surface area contributed by atoms with E-state index < -0.39 is 0 Å². The van der Waals surface area contributed by atoms with Gasteiger partial charge in [-0.2, -0.15) is 0 Å². The van der Waals surface area contributed by atoms with E-state index in [0.717, 1.165) is 0 Å². The minimum Gasteiger partial charge on any atom is -0.427 e. The molecule has 2 aromatic rings. The average Bonchev–Trinajstić information content (AvgIpc) is 2.41. The van der Waals surface area contributed by atoms with Gasteiger partial charge < -0.3 is 10.1 Å². The lowest BCUT2D eigenvalue weighted by atomic mass is 10.2. The highest BCUT2D eigenvalue weighted by molar-refractivity contribution is 6.04. The number of rotatable bonds is 3. The molecule has 0 fully saturated rings. The SMILES string of the molecule is CC(=O)Oc1ccc(NC(=O)c2ccccc2)cc1. The van der Waals surface area contributed by atoms with Crippen LogP contribution in [0.25, 0.3) is 0 Å². The van der Waals surface area contributed by atoms with Crippen LogP contribution in [0.4, 0.5) is 5.69 Å². The molecule has 0 atom stereocenters. The summed E-state index contributed by atoms with van der Waals surface area (Å²) in [4.78, 5) is 22.6. The molecule has 0 saturated carbocycles. The Kier molecular flexibility index (Phi) is 3.93. The van der Waals surface area contributed by atoms with Crippen LogP contribution in [0.2, 0.25) is 0 Å². The molecule has 0 heterocycles. The third kappa shape index (κ3) is 3.67. The number of anilines is 1. The van der Waals surface area contributed by atoms with Crippen LogP contribution in [0.1, 0.15) is 17.3 Å². The molecule has 0 aliphatic rings. The van der Waals surface area contributed by atoms with Gasteiger partial charge in [0.2, 0.25) is 0 Å². The number of benzene rings is 2. The van der Waals surface area contributed by atoms with Crippen molar-refractivity contribution in [2.75, 3.05) is 5.32 Å². The Hall–Kier alpha value is -2.62. The van der Waals surface area contributed by atoms with Crippen molar-refractivity contribution in [1.82, 2.24) is 0 Å². The zero-order valence-electron chi connectivity index (χ0n) is 10.4. The minimum absolute atomic E-state index is 0.180. The zero-order valence-corrected chi connectivity index (χ0v) is 10.4. The van der Waals surface area contributed by atoms with Crippen LogP contribution in [-0.2, 0) is 4.79 Å². The fourth-order valence-corrected chi connectivity index (χ4v) is 1.57. The van der Waals surface area contributed by atoms with Crippen LogP contribution < -0.4 is 10.1 Å². The smallest absolute Gasteiger partial charge is 0.308 e. The van der Waals surface area contributed by atoms with Crippen LogP contribution in [0.15, 0.2) is 54.6 Å². The summed E-state index contributed by atoms with van der Waals surface area (Å²) >= 11 is 0. The molecule has 0 bridgehead atoms. The molecule has 4 nitrogen and oxygen atoms in total. The Labute approximate surface area is 111 Å². The first-order valence-corrected chi connectivity index (χ1v) is 5.80. The Morgan fingerprint density at radius 1 is 0.947 bits per heavy atom. The highest BCUT2D eigenvalue weighted by Gasteiger charge is 2.05. The number of hydrogen-bond acceptors (Lipinski definition) is 3. The fraction of sp³-hybridized carbons (Fsp3) is 0.0667. The summed E-state index contributed by atoms with van der Waals surface area (Å²) in [5, 5.41) is 2.76. The number of carbonyl (C=O) groups is 2. The van der Waals surface area contributed by atoms with Crippen molar-refractivity contribution in [1.29, 1.82) is 0 Å². The maximum atomic E-state index is 11.9. The minimum atomic E-state index is -0.374. The first-order chi connectivity index (χ1) is 9.15. The van der Waals surface area contributed by atoms with E-state index in [1.54, 1.807) is 48.5 Å². The maximum Gasteiger partial charge on any atom is 0.308 e. The molecule has 2 rings (SSSR count). The monoisotopic (exact) mass is 255 g/mol. The fourth-order valence-electron chi connectivity index (χ4n) is 1.57. The predicted octanol–water partition coefficient (Wildman–Crippen LogP) is 2.86. The van der Waals surface area contributed by atoms with E-state index in [9.17, 15) is 9.59 Å². The molecule has 0 radical (unpaired) electrons. The van der Waals surface area contributed by atoms with E-state index in [-0.39, 0.29) is 11.9 Å². The van der Waals surface area contributed by atoms with Gasteiger partial charge in [0.25, 0.3) is 5.91 Å². The summed E-state index contributed by atoms with van der Waals surface area (Å²) in [7, 11) is 0. The van der Waals surface area contributed by atoms with Gasteiger partial charge >= 0.3 is 5.97 Å². The van der Waals surface area contributed by atoms with Crippen molar-refractivity contribution in [3.05, 3.63) is 60.2 Å². The highest BCUT2D eigenvalue weighted by Crippen LogP contribution is 2.16. The van der Waals surface area contributed by atoms with Crippen LogP contribution >= 0.6 is 0 Å². The maximum absolute atomic E-state index is 11.9. The summed E-state index contributed by atoms with van der Waals surface area (Å²) in [5.74, 6) is -0.105. The summed E-state index contributed by atoms with van der Waals surface area (Å²) < 4.78 is 4.91. The second-order valence-electron chi connectivity index (χ2n) is 3.94. The number of amides is 1. The molecular weight excluding hydrogens is 242 g/mol. The predicted molar refractivity (Wildman–Crippen MR) is 72.1 cm³/mol. The van der Waals surface area contributed by atoms with Crippen LogP contribution in [0.5, 0.6) is 5.75 Å². The molecule has 0 aromatic heterocycles. The molecule has 2 aromatic carbocycles. The van der Waals surface area contributed by atoms with Gasteiger partial charge in [0, 0.05) is 18.2 Å². The van der Waals surface area contributed by atoms with Crippen molar-refractivity contribution in [3.8, 4) is 5.75 Å². The molecule has 0 aliphatic carbocycles. The van der Waals surface area contributed by atoms with Crippen molar-refractivity contribution >= 4 is 17.6 Å². The molecule has 0 saturated heterocycles. The highest BCUT2D eigenvalue weighted by atomic mass is 16.5. The number of carbonyl (C=O) groups excluding carboxylic acids is 2. The van der Waals surface area contributed by atoms with Gasteiger partial charge in [-0.05, 0) is 36.4 Å². The van der Waals surface area contributed by atoms with Crippen LogP contribution in [0.3, 0.4) is 0 Å². The van der Waals surface area contributed by atoms with Gasteiger partial charge in [0.15, 0.2) is 0 Å². The molecular formula is C15H13NO3. The Morgan fingerprint density at radius 3 is 2.16 bits per heavy atom. The van der Waals surface area contributed by atoms with E-state index in [1.807, 2.05) is 6.07 Å². The molecule has 19 heavy (non-hydrogen) atoms. The van der Waals surface area contributed by atoms with Crippen molar-refractivity contribution in [3.63, 3.8) is 0 Å². The topological polar surface area (TPSA) is 55.4 Å². The summed E-state index contributed by atoms with van der Waals surface area (Å²) in [6, 6.07) is 15.6. The van der Waals surface area contributed by atoms with Crippen molar-refractivity contribution in [2.24, 2.45) is 0 Å². The molecule has 1 amide bonds. The number of nitrogens with one attached hydrogen (secondary N) is 1. The van der Waals surface area contributed by atoms with E-state index in [1.165, 1.54) is 6.92 Å². The van der Waals surface area contributed by atoms with Gasteiger partial charge in [-0.25, -0.2) is 0 Å². The molecule has 96 valence electrons. The Morgan fingerprint density at radius 2 is 1.58 bits per heavy atom. The van der Waals surface area contributed by atoms with Gasteiger partial charge in [-0.3, -0.25) is 9.59 Å². The van der Waals surface area contributed by atoms with Crippen molar-refractivity contribution in [2.45, 2.75) is 6.92 Å². The van der Waals surface area contributed by atoms with E-state index in [0.29, 0.717) is 17.0 Å². The van der Waals surface area contributed by atoms with Gasteiger partial charge in [-0.1, -0.05) is 18.2 Å². The molecule has 0 unspecified atom stereocenters. The number of hydrogen-bond donors (Lipinski definition) is 1. The lowest BCUT2D eigenvalue weighted by Crippen LogP contribution is -2.11. The quantitative estimate of drug-likeness (QED) is 0.677. The van der Waals surface area contributed by atoms with Gasteiger partial charge in [-0.15, -0.1) is 0 Å². The Balaban J connectivity index is 2.04. The molecule has 0 aliphatic heterocycles. The van der Waals surface area contributed by atoms with Crippen molar-refractivity contribution < 1.29 is 14.3 Å². The average molecular weight is 255 g/mol. The summed E-state index contributed by atoms with van der Waals surface area (Å²) in [6.07, 6.45) is 0. The first-order valence-electron chi connectivity index (χ1n) is 5.80. The molecule has 1 N–H and O–H groups in total. The molecule has 0 spiro atoms. The lowest BCUT2D eigenvalue weighted by Gasteiger charge is -2.06. The third-order valence-electron chi connectivity index (χ3n) is 2.41. The largest absolute Gasteiger partial charge is 0.427 e. The molecule has 4 heteroatoms. The van der Waals surface area contributed by atoms with E-state index in [2.05, 4.69) is 5.32 Å². The van der Waals surface area contributed by atoms with E-state index >= 15 is 0 Å². The number of esters is 1. The van der Waals surface area contributed by atoms with Gasteiger partial charge in [0.05, 0.1) is 0 Å². The van der Waals surface area contributed by atoms with Gasteiger partial charge in [0.1, 0.15) is 5.75 Å². The first kappa shape index (κ1) is 12.8. The number of ether oxygens (including phenoxy) is 1. The van der Waals surface area contributed by atoms with E-state index in [4.69, 9.17) is 4.74 Å². The third-order valence-corrected chi connectivity index (χ3v) is 2.41. The second-order valence-corrected chi connectivity index (χ2v) is 3.94. The standard InChI is InChI=1S/C15H13NO3/c1-11(17)19-14-9-7-13(8-10-14)16-15(18)12-5-3-2-4-6-12/h2-10H,1H3,(H,16,18).